The van der Waals surface area contributed by atoms with E-state index in [1.165, 1.54) is 11.8 Å². The Morgan fingerprint density at radius 2 is 2.50 bits per heavy atom. The first-order valence-electron chi connectivity index (χ1n) is 3.44. The van der Waals surface area contributed by atoms with Crippen molar-refractivity contribution in [3.8, 4) is 0 Å². The molecule has 0 bridgehead atoms. The molecule has 1 heterocycles. The summed E-state index contributed by atoms with van der Waals surface area (Å²) in [5.41, 5.74) is 0.878. The Balaban J connectivity index is 2.62. The number of nitrogens with zero attached hydrogens (tertiary/aromatic N) is 2. The molecule has 0 atom stereocenters. The quantitative estimate of drug-likeness (QED) is 0.713. The number of aromatic nitrogens is 2. The summed E-state index contributed by atoms with van der Waals surface area (Å²) >= 11 is 1.29. The molecule has 1 aromatic heterocycles. The highest BCUT2D eigenvalue weighted by atomic mass is 32.2. The highest BCUT2D eigenvalue weighted by Gasteiger charge is 2.05. The molecule has 0 aromatic carbocycles. The lowest BCUT2D eigenvalue weighted by Gasteiger charge is -1.92. The molecule has 0 saturated carbocycles. The molecule has 12 heavy (non-hydrogen) atoms. The van der Waals surface area contributed by atoms with Crippen LogP contribution >= 0.6 is 11.8 Å². The third-order valence-corrected chi connectivity index (χ3v) is 2.42. The van der Waals surface area contributed by atoms with Crippen molar-refractivity contribution in [1.29, 1.82) is 0 Å². The number of hydrogen-bond donors (Lipinski definition) is 1. The summed E-state index contributed by atoms with van der Waals surface area (Å²) in [6.07, 6.45) is 1.82. The molecule has 0 radical (unpaired) electrons. The molecular weight excluding hydrogens is 176 g/mol. The first kappa shape index (κ1) is 9.12. The summed E-state index contributed by atoms with van der Waals surface area (Å²) in [5.74, 6) is -0.713. The number of carbonyl (C=O) groups is 1. The Morgan fingerprint density at radius 3 is 2.92 bits per heavy atom. The molecule has 1 rings (SSSR count). The van der Waals surface area contributed by atoms with Crippen LogP contribution in [0.15, 0.2) is 11.1 Å². The van der Waals surface area contributed by atoms with Gasteiger partial charge in [0.2, 0.25) is 0 Å². The number of hydrogen-bond acceptors (Lipinski definition) is 3. The fourth-order valence-corrected chi connectivity index (χ4v) is 1.61. The molecule has 1 aromatic rings. The second-order valence-corrected chi connectivity index (χ2v) is 3.45. The molecule has 0 aliphatic rings. The molecule has 0 aliphatic carbocycles. The van der Waals surface area contributed by atoms with E-state index >= 15 is 0 Å². The summed E-state index contributed by atoms with van der Waals surface area (Å²) < 4.78 is 1.68. The van der Waals surface area contributed by atoms with Crippen LogP contribution in [-0.4, -0.2) is 26.6 Å². The predicted octanol–water partition coefficient (Wildman–Crippen LogP) is 0.905. The van der Waals surface area contributed by atoms with Crippen molar-refractivity contribution in [2.45, 2.75) is 11.8 Å². The van der Waals surface area contributed by atoms with Crippen LogP contribution in [0.1, 0.15) is 5.69 Å². The van der Waals surface area contributed by atoms with E-state index in [9.17, 15) is 4.79 Å². The summed E-state index contributed by atoms with van der Waals surface area (Å²) in [7, 11) is 1.82. The fraction of sp³-hybridized carbons (Fsp3) is 0.429. The van der Waals surface area contributed by atoms with Gasteiger partial charge in [-0.1, -0.05) is 0 Å². The standard InChI is InChI=1S/C7H10N2O2S/c1-5-6(3-9(2)8-5)12-4-7(10)11/h3H,4H2,1-2H3,(H,10,11). The number of rotatable bonds is 3. The Morgan fingerprint density at radius 1 is 1.83 bits per heavy atom. The van der Waals surface area contributed by atoms with Gasteiger partial charge in [-0.15, -0.1) is 11.8 Å². The van der Waals surface area contributed by atoms with E-state index in [1.54, 1.807) is 4.68 Å². The highest BCUT2D eigenvalue weighted by Crippen LogP contribution is 2.20. The monoisotopic (exact) mass is 186 g/mol. The second-order valence-electron chi connectivity index (χ2n) is 2.43. The van der Waals surface area contributed by atoms with Crippen LogP contribution in [0.3, 0.4) is 0 Å². The first-order valence-corrected chi connectivity index (χ1v) is 4.43. The lowest BCUT2D eigenvalue weighted by molar-refractivity contribution is -0.133. The third-order valence-electron chi connectivity index (χ3n) is 1.32. The van der Waals surface area contributed by atoms with Gasteiger partial charge < -0.3 is 5.11 Å². The van der Waals surface area contributed by atoms with E-state index in [-0.39, 0.29) is 5.75 Å². The van der Waals surface area contributed by atoms with Gasteiger partial charge in [0.05, 0.1) is 11.4 Å². The zero-order valence-corrected chi connectivity index (χ0v) is 7.76. The molecule has 5 heteroatoms. The van der Waals surface area contributed by atoms with Crippen molar-refractivity contribution in [2.75, 3.05) is 5.75 Å². The van der Waals surface area contributed by atoms with E-state index in [1.807, 2.05) is 20.2 Å². The van der Waals surface area contributed by atoms with Gasteiger partial charge in [-0.2, -0.15) is 5.10 Å². The van der Waals surface area contributed by atoms with Crippen LogP contribution in [-0.2, 0) is 11.8 Å². The van der Waals surface area contributed by atoms with Gasteiger partial charge in [0, 0.05) is 18.1 Å². The molecular formula is C7H10N2O2S. The van der Waals surface area contributed by atoms with Crippen molar-refractivity contribution in [1.82, 2.24) is 9.78 Å². The van der Waals surface area contributed by atoms with Gasteiger partial charge in [0.25, 0.3) is 0 Å². The first-order chi connectivity index (χ1) is 5.59. The Bertz CT molecular complexity index is 296. The van der Waals surface area contributed by atoms with Crippen molar-refractivity contribution in [3.63, 3.8) is 0 Å². The van der Waals surface area contributed by atoms with Crippen LogP contribution in [0.2, 0.25) is 0 Å². The van der Waals surface area contributed by atoms with E-state index in [2.05, 4.69) is 5.10 Å². The van der Waals surface area contributed by atoms with Gasteiger partial charge in [0.1, 0.15) is 0 Å². The molecule has 66 valence electrons. The van der Waals surface area contributed by atoms with Gasteiger partial charge in [-0.05, 0) is 6.92 Å². The maximum Gasteiger partial charge on any atom is 0.313 e. The van der Waals surface area contributed by atoms with E-state index < -0.39 is 5.97 Å². The maximum absolute atomic E-state index is 10.2. The van der Waals surface area contributed by atoms with Crippen LogP contribution in [0, 0.1) is 6.92 Å². The lowest BCUT2D eigenvalue weighted by atomic mass is 10.5. The predicted molar refractivity (Wildman–Crippen MR) is 46.3 cm³/mol. The molecule has 4 nitrogen and oxygen atoms in total. The summed E-state index contributed by atoms with van der Waals surface area (Å²) in [5, 5.41) is 12.5. The molecule has 0 saturated heterocycles. The normalized spacial score (nSPS) is 10.2. The van der Waals surface area contributed by atoms with Gasteiger partial charge in [-0.25, -0.2) is 0 Å². The Kier molecular flexibility index (Phi) is 2.75. The van der Waals surface area contributed by atoms with Crippen LogP contribution < -0.4 is 0 Å². The molecule has 0 aliphatic heterocycles. The zero-order chi connectivity index (χ0) is 9.14. The third kappa shape index (κ3) is 2.27. The molecule has 0 spiro atoms. The second kappa shape index (κ2) is 3.62. The largest absolute Gasteiger partial charge is 0.481 e. The molecule has 1 N–H and O–H groups in total. The molecule has 0 amide bonds. The van der Waals surface area contributed by atoms with Gasteiger partial charge in [-0.3, -0.25) is 9.48 Å². The minimum atomic E-state index is -0.803. The van der Waals surface area contributed by atoms with Gasteiger partial charge >= 0.3 is 5.97 Å². The number of thioether (sulfide) groups is 1. The van der Waals surface area contributed by atoms with Crippen LogP contribution in [0.4, 0.5) is 0 Å². The maximum atomic E-state index is 10.2. The number of aliphatic carboxylic acids is 1. The van der Waals surface area contributed by atoms with E-state index in [0.717, 1.165) is 10.6 Å². The highest BCUT2D eigenvalue weighted by molar-refractivity contribution is 8.00. The Hall–Kier alpha value is -0.970. The van der Waals surface area contributed by atoms with Crippen molar-refractivity contribution >= 4 is 17.7 Å². The minimum Gasteiger partial charge on any atom is -0.481 e. The van der Waals surface area contributed by atoms with Crippen LogP contribution in [0.25, 0.3) is 0 Å². The van der Waals surface area contributed by atoms with Gasteiger partial charge in [0.15, 0.2) is 0 Å². The summed E-state index contributed by atoms with van der Waals surface area (Å²) in [6.45, 7) is 1.87. The average molecular weight is 186 g/mol. The Labute approximate surface area is 74.6 Å². The lowest BCUT2D eigenvalue weighted by Crippen LogP contribution is -1.97. The van der Waals surface area contributed by atoms with E-state index in [4.69, 9.17) is 5.11 Å². The molecule has 0 fully saturated rings. The smallest absolute Gasteiger partial charge is 0.313 e. The summed E-state index contributed by atoms with van der Waals surface area (Å²) in [4.78, 5) is 11.2. The summed E-state index contributed by atoms with van der Waals surface area (Å²) in [6, 6.07) is 0. The zero-order valence-electron chi connectivity index (χ0n) is 6.94. The van der Waals surface area contributed by atoms with Crippen molar-refractivity contribution in [3.05, 3.63) is 11.9 Å². The topological polar surface area (TPSA) is 55.1 Å². The minimum absolute atomic E-state index is 0.0898. The number of carboxylic acid groups (broad SMARTS) is 1. The van der Waals surface area contributed by atoms with Crippen molar-refractivity contribution in [2.24, 2.45) is 7.05 Å². The number of carboxylic acids is 1. The van der Waals surface area contributed by atoms with Crippen LogP contribution in [0.5, 0.6) is 0 Å². The molecule has 0 unspecified atom stereocenters. The fourth-order valence-electron chi connectivity index (χ4n) is 0.859. The van der Waals surface area contributed by atoms with E-state index in [0.29, 0.717) is 0 Å². The average Bonchev–Trinajstić information content (AvgIpc) is 2.26. The van der Waals surface area contributed by atoms with Crippen molar-refractivity contribution < 1.29 is 9.90 Å². The SMILES string of the molecule is Cc1nn(C)cc1SCC(=O)O. The number of aryl methyl sites for hydroxylation is 2.